The van der Waals surface area contributed by atoms with Crippen LogP contribution >= 0.6 is 0 Å². The summed E-state index contributed by atoms with van der Waals surface area (Å²) in [7, 11) is 2.18. The largest absolute Gasteiger partial charge is 0.493 e. The number of rotatable bonds is 4. The molecular weight excluding hydrogens is 376 g/mol. The van der Waals surface area contributed by atoms with Crippen molar-refractivity contribution < 1.29 is 9.32 Å². The minimum atomic E-state index is -2.71. The van der Waals surface area contributed by atoms with Gasteiger partial charge in [0.15, 0.2) is 5.82 Å². The van der Waals surface area contributed by atoms with Gasteiger partial charge < -0.3 is 5.11 Å². The minimum Gasteiger partial charge on any atom is -0.493 e. The Balaban J connectivity index is 2.04. The molecule has 0 spiro atoms. The highest BCUT2D eigenvalue weighted by molar-refractivity contribution is 7.91. The fourth-order valence-corrected chi connectivity index (χ4v) is 4.25. The number of nitrogens with zero attached hydrogens (tertiary/aromatic N) is 6. The highest BCUT2D eigenvalue weighted by Crippen LogP contribution is 2.34. The predicted molar refractivity (Wildman–Crippen MR) is 106 cm³/mol. The zero-order chi connectivity index (χ0) is 20.5. The summed E-state index contributed by atoms with van der Waals surface area (Å²) in [6, 6.07) is 12.3. The van der Waals surface area contributed by atoms with Gasteiger partial charge in [-0.3, -0.25) is 0 Å². The lowest BCUT2D eigenvalue weighted by atomic mass is 10.0. The molecular formula is C19H20N6O2S. The number of aromatic hydroxyl groups is 1. The first-order valence-corrected chi connectivity index (χ1v) is 9.87. The lowest BCUT2D eigenvalue weighted by Crippen LogP contribution is -2.22. The molecule has 1 N–H and O–H groups in total. The molecule has 2 heterocycles. The van der Waals surface area contributed by atoms with Crippen LogP contribution in [-0.2, 0) is 9.92 Å². The molecule has 8 nitrogen and oxygen atoms in total. The van der Waals surface area contributed by atoms with Crippen LogP contribution in [0.2, 0.25) is 0 Å². The van der Waals surface area contributed by atoms with E-state index in [-0.39, 0.29) is 5.88 Å². The molecule has 0 saturated heterocycles. The van der Waals surface area contributed by atoms with Crippen molar-refractivity contribution in [1.29, 1.82) is 5.26 Å². The smallest absolute Gasteiger partial charge is 0.223 e. The molecule has 0 aliphatic rings. The van der Waals surface area contributed by atoms with Crippen molar-refractivity contribution in [2.45, 2.75) is 11.8 Å². The predicted octanol–water partition coefficient (Wildman–Crippen LogP) is 2.75. The average Bonchev–Trinajstić information content (AvgIpc) is 3.01. The second kappa shape index (κ2) is 7.42. The maximum atomic E-state index is 12.9. The van der Waals surface area contributed by atoms with E-state index in [1.165, 1.54) is 17.9 Å². The van der Waals surface area contributed by atoms with E-state index in [0.717, 1.165) is 5.56 Å². The van der Waals surface area contributed by atoms with Gasteiger partial charge in [0.1, 0.15) is 9.92 Å². The van der Waals surface area contributed by atoms with Crippen LogP contribution in [0.25, 0.3) is 16.9 Å². The van der Waals surface area contributed by atoms with Crippen molar-refractivity contribution in [3.8, 4) is 28.9 Å². The van der Waals surface area contributed by atoms with E-state index in [0.29, 0.717) is 27.5 Å². The van der Waals surface area contributed by atoms with E-state index in [1.807, 2.05) is 0 Å². The summed E-state index contributed by atoms with van der Waals surface area (Å²) >= 11 is 0. The van der Waals surface area contributed by atoms with E-state index in [9.17, 15) is 9.32 Å². The van der Waals surface area contributed by atoms with E-state index < -0.39 is 9.92 Å². The monoisotopic (exact) mass is 396 g/mol. The molecule has 0 aliphatic heterocycles. The van der Waals surface area contributed by atoms with Gasteiger partial charge in [-0.15, -0.1) is 0 Å². The molecule has 0 radical (unpaired) electrons. The van der Waals surface area contributed by atoms with Gasteiger partial charge in [-0.05, 0) is 36.8 Å². The van der Waals surface area contributed by atoms with Crippen LogP contribution in [0.3, 0.4) is 0 Å². The van der Waals surface area contributed by atoms with Gasteiger partial charge in [-0.2, -0.15) is 15.0 Å². The Morgan fingerprint density at radius 3 is 2.39 bits per heavy atom. The quantitative estimate of drug-likeness (QED) is 0.730. The van der Waals surface area contributed by atoms with Crippen molar-refractivity contribution in [2.75, 3.05) is 21.1 Å². The van der Waals surface area contributed by atoms with Gasteiger partial charge in [0.05, 0.1) is 27.8 Å². The Bertz CT molecular complexity index is 1160. The molecule has 28 heavy (non-hydrogen) atoms. The third-order valence-corrected chi connectivity index (χ3v) is 6.67. The summed E-state index contributed by atoms with van der Waals surface area (Å²) in [6.07, 6.45) is 1.47. The van der Waals surface area contributed by atoms with Crippen LogP contribution in [0.5, 0.6) is 5.88 Å². The number of aromatic nitrogens is 3. The van der Waals surface area contributed by atoms with E-state index >= 15 is 0 Å². The molecule has 1 aromatic carbocycles. The van der Waals surface area contributed by atoms with E-state index in [1.54, 1.807) is 61.7 Å². The molecule has 0 fully saturated rings. The number of pyridine rings is 1. The van der Waals surface area contributed by atoms with Crippen LogP contribution in [0.1, 0.15) is 11.3 Å². The highest BCUT2D eigenvalue weighted by atomic mass is 32.2. The summed E-state index contributed by atoms with van der Waals surface area (Å²) in [5.41, 5.74) is 2.47. The van der Waals surface area contributed by atoms with Crippen LogP contribution in [-0.4, -0.2) is 49.5 Å². The first-order chi connectivity index (χ1) is 13.3. The third-order valence-electron chi connectivity index (χ3n) is 4.33. The first kappa shape index (κ1) is 19.5. The average molecular weight is 396 g/mol. The molecule has 3 rings (SSSR count). The van der Waals surface area contributed by atoms with E-state index in [2.05, 4.69) is 20.5 Å². The molecule has 1 unspecified atom stereocenters. The molecule has 2 aromatic heterocycles. The maximum absolute atomic E-state index is 12.9. The summed E-state index contributed by atoms with van der Waals surface area (Å²) < 4.78 is 19.8. The molecule has 0 saturated carbocycles. The van der Waals surface area contributed by atoms with Gasteiger partial charge >= 0.3 is 0 Å². The van der Waals surface area contributed by atoms with Crippen LogP contribution in [0, 0.1) is 18.3 Å². The zero-order valence-electron chi connectivity index (χ0n) is 16.0. The molecule has 3 aromatic rings. The zero-order valence-corrected chi connectivity index (χ0v) is 16.8. The van der Waals surface area contributed by atoms with Crippen molar-refractivity contribution in [3.63, 3.8) is 0 Å². The van der Waals surface area contributed by atoms with Crippen molar-refractivity contribution in [3.05, 3.63) is 53.9 Å². The van der Waals surface area contributed by atoms with Crippen LogP contribution in [0.15, 0.2) is 51.9 Å². The summed E-state index contributed by atoms with van der Waals surface area (Å²) in [5, 5.41) is 24.0. The maximum Gasteiger partial charge on any atom is 0.223 e. The van der Waals surface area contributed by atoms with Crippen LogP contribution < -0.4 is 0 Å². The third kappa shape index (κ3) is 3.24. The summed E-state index contributed by atoms with van der Waals surface area (Å²) in [5.74, 6) is 0.330. The van der Waals surface area contributed by atoms with Crippen molar-refractivity contribution >= 4 is 9.92 Å². The Labute approximate surface area is 164 Å². The number of nitriles is 1. The fraction of sp³-hybridized carbons (Fsp3) is 0.211. The topological polar surface area (TPSA) is 107 Å². The lowest BCUT2D eigenvalue weighted by molar-refractivity contribution is 0.433. The summed E-state index contributed by atoms with van der Waals surface area (Å²) in [4.78, 5) is 4.78. The lowest BCUT2D eigenvalue weighted by Gasteiger charge is -2.16. The standard InChI is InChI=1S/C19H20N6O2S/c1-13-18(15-7-5-14(11-20)6-8-15)19(26)25(23-13)17-10-9-16(12-22-17)28(27,21-2)24(3)4/h5-10,12,26H,1-4H3. The number of benzene rings is 1. The molecule has 1 atom stereocenters. The minimum absolute atomic E-state index is 0.0593. The van der Waals surface area contributed by atoms with Gasteiger partial charge in [-0.1, -0.05) is 12.1 Å². The molecule has 0 aliphatic carbocycles. The Hall–Kier alpha value is -3.22. The van der Waals surface area contributed by atoms with Crippen molar-refractivity contribution in [2.24, 2.45) is 4.36 Å². The Kier molecular flexibility index (Phi) is 5.18. The number of aryl methyl sites for hydroxylation is 1. The first-order valence-electron chi connectivity index (χ1n) is 8.40. The van der Waals surface area contributed by atoms with Crippen molar-refractivity contribution in [1.82, 2.24) is 19.1 Å². The van der Waals surface area contributed by atoms with E-state index in [4.69, 9.17) is 5.26 Å². The van der Waals surface area contributed by atoms with Gasteiger partial charge in [-0.25, -0.2) is 17.9 Å². The number of hydrogen-bond donors (Lipinski definition) is 1. The van der Waals surface area contributed by atoms with Gasteiger partial charge in [0, 0.05) is 27.3 Å². The normalized spacial score (nSPS) is 13.1. The fourth-order valence-electron chi connectivity index (χ4n) is 2.86. The molecule has 144 valence electrons. The van der Waals surface area contributed by atoms with Crippen LogP contribution in [0.4, 0.5) is 0 Å². The second-order valence-corrected chi connectivity index (χ2v) is 8.79. The summed E-state index contributed by atoms with van der Waals surface area (Å²) in [6.45, 7) is 1.78. The molecule has 0 bridgehead atoms. The molecule has 0 amide bonds. The number of hydrogen-bond acceptors (Lipinski definition) is 6. The Morgan fingerprint density at radius 2 is 1.89 bits per heavy atom. The van der Waals surface area contributed by atoms with Gasteiger partial charge in [0.2, 0.25) is 5.88 Å². The molecule has 9 heteroatoms. The Morgan fingerprint density at radius 1 is 1.21 bits per heavy atom. The second-order valence-electron chi connectivity index (χ2n) is 6.23. The van der Waals surface area contributed by atoms with Gasteiger partial charge in [0.25, 0.3) is 0 Å². The SMILES string of the molecule is CN=S(=O)(c1ccc(-n2nc(C)c(-c3ccc(C#N)cc3)c2O)nc1)N(C)C. The highest BCUT2D eigenvalue weighted by Gasteiger charge is 2.20.